The lowest BCUT2D eigenvalue weighted by atomic mass is 10.1. The van der Waals surface area contributed by atoms with Gasteiger partial charge in [0.05, 0.1) is 4.88 Å². The molecule has 0 aliphatic heterocycles. The summed E-state index contributed by atoms with van der Waals surface area (Å²) >= 11 is 1.21. The highest BCUT2D eigenvalue weighted by Gasteiger charge is 2.20. The Morgan fingerprint density at radius 1 is 1.33 bits per heavy atom. The van der Waals surface area contributed by atoms with Gasteiger partial charge in [-0.1, -0.05) is 6.07 Å². The van der Waals surface area contributed by atoms with E-state index in [0.717, 1.165) is 0 Å². The maximum absolute atomic E-state index is 11.6. The Hall–Kier alpha value is -1.89. The second-order valence-electron chi connectivity index (χ2n) is 3.63. The van der Waals surface area contributed by atoms with Crippen molar-refractivity contribution >= 4 is 29.2 Å². The number of hydrogen-bond donors (Lipinski definition) is 3. The molecule has 0 bridgehead atoms. The number of amides is 1. The van der Waals surface area contributed by atoms with Crippen LogP contribution in [0.1, 0.15) is 28.9 Å². The zero-order valence-corrected chi connectivity index (χ0v) is 10.3. The summed E-state index contributed by atoms with van der Waals surface area (Å²) in [5.41, 5.74) is 0. The first-order chi connectivity index (χ1) is 8.50. The zero-order chi connectivity index (χ0) is 13.5. The van der Waals surface area contributed by atoms with Crippen LogP contribution >= 0.6 is 11.3 Å². The van der Waals surface area contributed by atoms with Crippen LogP contribution < -0.4 is 5.32 Å². The van der Waals surface area contributed by atoms with Crippen LogP contribution in [-0.2, 0) is 9.59 Å². The molecule has 18 heavy (non-hydrogen) atoms. The number of rotatable bonds is 7. The van der Waals surface area contributed by atoms with Crippen LogP contribution in [0.3, 0.4) is 0 Å². The number of aliphatic carboxylic acids is 2. The van der Waals surface area contributed by atoms with Gasteiger partial charge in [0.15, 0.2) is 0 Å². The van der Waals surface area contributed by atoms with Crippen molar-refractivity contribution in [2.75, 3.05) is 0 Å². The van der Waals surface area contributed by atoms with Crippen molar-refractivity contribution in [3.63, 3.8) is 0 Å². The first-order valence-corrected chi connectivity index (χ1v) is 6.17. The molecule has 1 heterocycles. The van der Waals surface area contributed by atoms with Crippen LogP contribution in [0.2, 0.25) is 0 Å². The maximum atomic E-state index is 11.6. The number of thiophene rings is 1. The second-order valence-corrected chi connectivity index (χ2v) is 4.58. The van der Waals surface area contributed by atoms with E-state index in [1.807, 2.05) is 0 Å². The first-order valence-electron chi connectivity index (χ1n) is 5.29. The van der Waals surface area contributed by atoms with E-state index in [2.05, 4.69) is 5.32 Å². The molecule has 1 aromatic rings. The third-order valence-corrected chi connectivity index (χ3v) is 3.10. The fourth-order valence-electron chi connectivity index (χ4n) is 1.35. The molecule has 0 radical (unpaired) electrons. The van der Waals surface area contributed by atoms with Crippen molar-refractivity contribution in [2.45, 2.75) is 25.3 Å². The number of hydrogen-bond acceptors (Lipinski definition) is 4. The molecule has 0 aromatic carbocycles. The molecule has 7 heteroatoms. The van der Waals surface area contributed by atoms with Gasteiger partial charge < -0.3 is 15.5 Å². The van der Waals surface area contributed by atoms with Crippen LogP contribution in [0.4, 0.5) is 0 Å². The highest BCUT2D eigenvalue weighted by Crippen LogP contribution is 2.09. The molecule has 0 spiro atoms. The van der Waals surface area contributed by atoms with Crippen molar-refractivity contribution in [1.82, 2.24) is 5.32 Å². The van der Waals surface area contributed by atoms with Gasteiger partial charge in [0.2, 0.25) is 0 Å². The molecule has 1 rings (SSSR count). The molecule has 0 saturated carbocycles. The Labute approximate surface area is 107 Å². The SMILES string of the molecule is O=C(O)CCCC(NC(=O)c1cccs1)C(=O)O. The Balaban J connectivity index is 2.50. The van der Waals surface area contributed by atoms with E-state index in [4.69, 9.17) is 10.2 Å². The normalized spacial score (nSPS) is 11.8. The molecular formula is C11H13NO5S. The minimum atomic E-state index is -1.16. The molecule has 0 saturated heterocycles. The van der Waals surface area contributed by atoms with E-state index in [-0.39, 0.29) is 19.3 Å². The molecule has 6 nitrogen and oxygen atoms in total. The molecule has 0 aliphatic rings. The lowest BCUT2D eigenvalue weighted by Gasteiger charge is -2.13. The van der Waals surface area contributed by atoms with Gasteiger partial charge in [-0.05, 0) is 24.3 Å². The Morgan fingerprint density at radius 2 is 2.06 bits per heavy atom. The fourth-order valence-corrected chi connectivity index (χ4v) is 1.98. The van der Waals surface area contributed by atoms with Gasteiger partial charge in [0, 0.05) is 6.42 Å². The fraction of sp³-hybridized carbons (Fsp3) is 0.364. The van der Waals surface area contributed by atoms with E-state index in [1.54, 1.807) is 17.5 Å². The third-order valence-electron chi connectivity index (χ3n) is 2.23. The van der Waals surface area contributed by atoms with Crippen molar-refractivity contribution in [1.29, 1.82) is 0 Å². The van der Waals surface area contributed by atoms with E-state index in [0.29, 0.717) is 4.88 Å². The molecule has 3 N–H and O–H groups in total. The summed E-state index contributed by atoms with van der Waals surface area (Å²) in [6.45, 7) is 0. The standard InChI is InChI=1S/C11H13NO5S/c13-9(14)5-1-3-7(11(16)17)12-10(15)8-4-2-6-18-8/h2,4,6-7H,1,3,5H2,(H,12,15)(H,13,14)(H,16,17). The minimum absolute atomic E-state index is 0.0960. The molecule has 1 aromatic heterocycles. The smallest absolute Gasteiger partial charge is 0.326 e. The van der Waals surface area contributed by atoms with Crippen molar-refractivity contribution in [3.8, 4) is 0 Å². The van der Waals surface area contributed by atoms with Gasteiger partial charge in [-0.2, -0.15) is 0 Å². The summed E-state index contributed by atoms with van der Waals surface area (Å²) < 4.78 is 0. The molecule has 1 unspecified atom stereocenters. The minimum Gasteiger partial charge on any atom is -0.481 e. The summed E-state index contributed by atoms with van der Waals surface area (Å²) in [5, 5.41) is 21.5. The number of carboxylic acid groups (broad SMARTS) is 2. The molecule has 0 aliphatic carbocycles. The van der Waals surface area contributed by atoms with Crippen molar-refractivity contribution in [3.05, 3.63) is 22.4 Å². The number of carbonyl (C=O) groups is 3. The molecule has 1 amide bonds. The highest BCUT2D eigenvalue weighted by molar-refractivity contribution is 7.12. The summed E-state index contributed by atoms with van der Waals surface area (Å²) in [5.74, 6) is -2.60. The van der Waals surface area contributed by atoms with Crippen LogP contribution in [-0.4, -0.2) is 34.1 Å². The summed E-state index contributed by atoms with van der Waals surface area (Å²) in [4.78, 5) is 33.3. The van der Waals surface area contributed by atoms with Crippen molar-refractivity contribution < 1.29 is 24.6 Å². The Kier molecular flexibility index (Phi) is 5.31. The van der Waals surface area contributed by atoms with Gasteiger partial charge in [-0.3, -0.25) is 9.59 Å². The van der Waals surface area contributed by atoms with E-state index in [1.165, 1.54) is 11.3 Å². The van der Waals surface area contributed by atoms with Gasteiger partial charge in [-0.25, -0.2) is 4.79 Å². The highest BCUT2D eigenvalue weighted by atomic mass is 32.1. The lowest BCUT2D eigenvalue weighted by Crippen LogP contribution is -2.40. The molecule has 98 valence electrons. The monoisotopic (exact) mass is 271 g/mol. The van der Waals surface area contributed by atoms with E-state index >= 15 is 0 Å². The average molecular weight is 271 g/mol. The van der Waals surface area contributed by atoms with E-state index < -0.39 is 23.9 Å². The van der Waals surface area contributed by atoms with Crippen molar-refractivity contribution in [2.24, 2.45) is 0 Å². The first kappa shape index (κ1) is 14.2. The molecule has 0 fully saturated rings. The largest absolute Gasteiger partial charge is 0.481 e. The van der Waals surface area contributed by atoms with Gasteiger partial charge >= 0.3 is 11.9 Å². The molecular weight excluding hydrogens is 258 g/mol. The third kappa shape index (κ3) is 4.54. The van der Waals surface area contributed by atoms with Crippen LogP contribution in [0.15, 0.2) is 17.5 Å². The van der Waals surface area contributed by atoms with Crippen LogP contribution in [0, 0.1) is 0 Å². The number of carboxylic acids is 2. The Bertz CT molecular complexity index is 429. The number of nitrogens with one attached hydrogen (secondary N) is 1. The van der Waals surface area contributed by atoms with Crippen LogP contribution in [0.5, 0.6) is 0 Å². The topological polar surface area (TPSA) is 104 Å². The van der Waals surface area contributed by atoms with Crippen LogP contribution in [0.25, 0.3) is 0 Å². The lowest BCUT2D eigenvalue weighted by molar-refractivity contribution is -0.140. The summed E-state index contributed by atoms with van der Waals surface area (Å²) in [7, 11) is 0. The Morgan fingerprint density at radius 3 is 2.56 bits per heavy atom. The maximum Gasteiger partial charge on any atom is 0.326 e. The van der Waals surface area contributed by atoms with E-state index in [9.17, 15) is 14.4 Å². The zero-order valence-electron chi connectivity index (χ0n) is 9.46. The predicted molar refractivity (Wildman–Crippen MR) is 64.7 cm³/mol. The van der Waals surface area contributed by atoms with Gasteiger partial charge in [0.1, 0.15) is 6.04 Å². The van der Waals surface area contributed by atoms with Gasteiger partial charge in [-0.15, -0.1) is 11.3 Å². The second kappa shape index (κ2) is 6.75. The van der Waals surface area contributed by atoms with Gasteiger partial charge in [0.25, 0.3) is 5.91 Å². The summed E-state index contributed by atoms with van der Waals surface area (Å²) in [6.07, 6.45) is 0.189. The summed E-state index contributed by atoms with van der Waals surface area (Å²) in [6, 6.07) is 2.23. The average Bonchev–Trinajstić information content (AvgIpc) is 2.80. The predicted octanol–water partition coefficient (Wildman–Crippen LogP) is 1.19. The quantitative estimate of drug-likeness (QED) is 0.691. The molecule has 1 atom stereocenters. The number of carbonyl (C=O) groups excluding carboxylic acids is 1.